The van der Waals surface area contributed by atoms with Gasteiger partial charge in [0.15, 0.2) is 0 Å². The van der Waals surface area contributed by atoms with Gasteiger partial charge >= 0.3 is 0 Å². The second-order valence-electron chi connectivity index (χ2n) is 8.27. The molecule has 0 spiro atoms. The number of pyridine rings is 2. The summed E-state index contributed by atoms with van der Waals surface area (Å²) in [6.45, 7) is 4.27. The summed E-state index contributed by atoms with van der Waals surface area (Å²) in [5.41, 5.74) is 3.27. The van der Waals surface area contributed by atoms with Gasteiger partial charge < -0.3 is 9.32 Å². The van der Waals surface area contributed by atoms with Crippen LogP contribution in [0, 0.1) is 0 Å². The van der Waals surface area contributed by atoms with Gasteiger partial charge in [-0.1, -0.05) is 0 Å². The van der Waals surface area contributed by atoms with Crippen molar-refractivity contribution < 1.29 is 4.42 Å². The molecule has 0 unspecified atom stereocenters. The minimum Gasteiger partial charge on any atom is -0.456 e. The summed E-state index contributed by atoms with van der Waals surface area (Å²) in [4.78, 5) is 19.8. The Kier molecular flexibility index (Phi) is 4.61. The molecule has 4 aromatic heterocycles. The molecule has 6 rings (SSSR count). The van der Waals surface area contributed by atoms with Gasteiger partial charge in [0.05, 0.1) is 23.6 Å². The third-order valence-electron chi connectivity index (χ3n) is 6.28. The number of benzene rings is 1. The summed E-state index contributed by atoms with van der Waals surface area (Å²) in [5, 5.41) is 6.17. The second-order valence-corrected chi connectivity index (χ2v) is 8.27. The first-order chi connectivity index (χ1) is 15.8. The van der Waals surface area contributed by atoms with E-state index >= 15 is 0 Å². The molecule has 7 heteroatoms. The zero-order chi connectivity index (χ0) is 21.5. The minimum atomic E-state index is -0.104. The van der Waals surface area contributed by atoms with E-state index in [1.54, 1.807) is 29.2 Å². The van der Waals surface area contributed by atoms with E-state index in [-0.39, 0.29) is 5.56 Å². The van der Waals surface area contributed by atoms with Crippen LogP contribution in [0.25, 0.3) is 38.9 Å². The van der Waals surface area contributed by atoms with E-state index in [4.69, 9.17) is 4.42 Å². The van der Waals surface area contributed by atoms with E-state index in [0.717, 1.165) is 35.2 Å². The van der Waals surface area contributed by atoms with Gasteiger partial charge in [-0.3, -0.25) is 19.0 Å². The molecule has 5 heterocycles. The molecule has 1 fully saturated rings. The first kappa shape index (κ1) is 19.0. The van der Waals surface area contributed by atoms with Crippen molar-refractivity contribution in [2.75, 3.05) is 19.6 Å². The van der Waals surface area contributed by atoms with Crippen LogP contribution in [0.5, 0.6) is 0 Å². The Balaban J connectivity index is 1.33. The zero-order valence-electron chi connectivity index (χ0n) is 17.6. The van der Waals surface area contributed by atoms with Crippen LogP contribution in [0.3, 0.4) is 0 Å². The predicted molar refractivity (Wildman–Crippen MR) is 124 cm³/mol. The third kappa shape index (κ3) is 3.31. The van der Waals surface area contributed by atoms with Crippen molar-refractivity contribution in [3.63, 3.8) is 0 Å². The molecule has 0 aliphatic carbocycles. The number of hydrogen-bond donors (Lipinski definition) is 0. The molecule has 0 N–H and O–H groups in total. The topological polar surface area (TPSA) is 69.1 Å². The van der Waals surface area contributed by atoms with Crippen LogP contribution in [0.4, 0.5) is 0 Å². The van der Waals surface area contributed by atoms with Crippen LogP contribution < -0.4 is 5.56 Å². The quantitative estimate of drug-likeness (QED) is 0.424. The summed E-state index contributed by atoms with van der Waals surface area (Å²) < 4.78 is 9.63. The number of rotatable bonds is 5. The summed E-state index contributed by atoms with van der Waals surface area (Å²) in [5.74, 6) is 0.659. The lowest BCUT2D eigenvalue weighted by atomic mass is 10.2. The highest BCUT2D eigenvalue weighted by molar-refractivity contribution is 5.83. The second kappa shape index (κ2) is 7.76. The van der Waals surface area contributed by atoms with Crippen molar-refractivity contribution in [3.05, 3.63) is 77.6 Å². The molecule has 0 amide bonds. The van der Waals surface area contributed by atoms with Gasteiger partial charge in [-0.25, -0.2) is 0 Å². The largest absolute Gasteiger partial charge is 0.456 e. The zero-order valence-corrected chi connectivity index (χ0v) is 17.6. The van der Waals surface area contributed by atoms with E-state index in [9.17, 15) is 4.79 Å². The molecular formula is C25H23N5O2. The normalized spacial score (nSPS) is 14.6. The highest BCUT2D eigenvalue weighted by atomic mass is 16.3. The molecule has 1 aliphatic rings. The molecule has 160 valence electrons. The molecule has 1 saturated heterocycles. The predicted octanol–water partition coefficient (Wildman–Crippen LogP) is 4.09. The fourth-order valence-electron chi connectivity index (χ4n) is 4.54. The Morgan fingerprint density at radius 3 is 2.66 bits per heavy atom. The first-order valence-corrected chi connectivity index (χ1v) is 11.0. The highest BCUT2D eigenvalue weighted by Crippen LogP contribution is 2.26. The lowest BCUT2D eigenvalue weighted by Gasteiger charge is -2.14. The van der Waals surface area contributed by atoms with Gasteiger partial charge in [0.25, 0.3) is 5.56 Å². The number of nitrogens with zero attached hydrogens (tertiary/aromatic N) is 5. The molecule has 5 aromatic rings. The first-order valence-electron chi connectivity index (χ1n) is 11.0. The monoisotopic (exact) mass is 425 g/mol. The number of likely N-dealkylation sites (tertiary alicyclic amines) is 1. The molecule has 1 aliphatic heterocycles. The van der Waals surface area contributed by atoms with E-state index in [1.807, 2.05) is 36.5 Å². The Bertz CT molecular complexity index is 1460. The molecule has 32 heavy (non-hydrogen) atoms. The number of furan rings is 1. The molecule has 1 aromatic carbocycles. The number of hydrogen-bond acceptors (Lipinski definition) is 5. The maximum absolute atomic E-state index is 13.2. The Morgan fingerprint density at radius 2 is 1.81 bits per heavy atom. The lowest BCUT2D eigenvalue weighted by Crippen LogP contribution is -2.24. The molecule has 0 atom stereocenters. The molecule has 0 saturated carbocycles. The maximum atomic E-state index is 13.2. The fraction of sp³-hybridized carbons (Fsp3) is 0.240. The average Bonchev–Trinajstić information content (AvgIpc) is 3.58. The van der Waals surface area contributed by atoms with Crippen LogP contribution in [0.2, 0.25) is 0 Å². The highest BCUT2D eigenvalue weighted by Gasteiger charge is 2.14. The van der Waals surface area contributed by atoms with Crippen LogP contribution in [0.15, 0.2) is 76.5 Å². The van der Waals surface area contributed by atoms with Gasteiger partial charge in [-0.05, 0) is 68.4 Å². The summed E-state index contributed by atoms with van der Waals surface area (Å²) in [7, 11) is 0. The van der Waals surface area contributed by atoms with Gasteiger partial charge in [0.1, 0.15) is 11.3 Å². The summed E-state index contributed by atoms with van der Waals surface area (Å²) in [6.07, 6.45) is 9.66. The molecule has 0 bridgehead atoms. The smallest absolute Gasteiger partial charge is 0.266 e. The Morgan fingerprint density at radius 1 is 0.969 bits per heavy atom. The van der Waals surface area contributed by atoms with Gasteiger partial charge in [0.2, 0.25) is 0 Å². The van der Waals surface area contributed by atoms with Crippen molar-refractivity contribution in [2.24, 2.45) is 0 Å². The van der Waals surface area contributed by atoms with Crippen molar-refractivity contribution in [2.45, 2.75) is 19.4 Å². The van der Waals surface area contributed by atoms with Crippen molar-refractivity contribution >= 4 is 21.9 Å². The van der Waals surface area contributed by atoms with Gasteiger partial charge in [0, 0.05) is 41.8 Å². The van der Waals surface area contributed by atoms with Crippen LogP contribution in [-0.4, -0.2) is 43.9 Å². The van der Waals surface area contributed by atoms with Crippen molar-refractivity contribution in [3.8, 4) is 17.0 Å². The summed E-state index contributed by atoms with van der Waals surface area (Å²) >= 11 is 0. The fourth-order valence-corrected chi connectivity index (χ4v) is 4.54. The van der Waals surface area contributed by atoms with E-state index in [2.05, 4.69) is 25.7 Å². The van der Waals surface area contributed by atoms with Crippen molar-refractivity contribution in [1.29, 1.82) is 0 Å². The van der Waals surface area contributed by atoms with Crippen LogP contribution in [-0.2, 0) is 6.54 Å². The van der Waals surface area contributed by atoms with Crippen molar-refractivity contribution in [1.82, 2.24) is 24.2 Å². The van der Waals surface area contributed by atoms with E-state index in [1.165, 1.54) is 25.9 Å². The average molecular weight is 425 g/mol. The van der Waals surface area contributed by atoms with E-state index in [0.29, 0.717) is 16.7 Å². The maximum Gasteiger partial charge on any atom is 0.266 e. The molecule has 7 nitrogen and oxygen atoms in total. The van der Waals surface area contributed by atoms with Crippen LogP contribution in [0.1, 0.15) is 12.8 Å². The van der Waals surface area contributed by atoms with Gasteiger partial charge in [-0.15, -0.1) is 0 Å². The lowest BCUT2D eigenvalue weighted by molar-refractivity contribution is 0.318. The van der Waals surface area contributed by atoms with Gasteiger partial charge in [-0.2, -0.15) is 5.10 Å². The minimum absolute atomic E-state index is 0.104. The SMILES string of the molecule is O=c1c2cc(-c3ccncc3)oc2ccn1-c1ccc2c(cnn2CCN2CCCC2)c1. The Hall–Kier alpha value is -3.71. The number of fused-ring (bicyclic) bond motifs is 2. The number of aromatic nitrogens is 4. The molecule has 0 radical (unpaired) electrons. The molecular weight excluding hydrogens is 402 g/mol. The van der Waals surface area contributed by atoms with Crippen LogP contribution >= 0.6 is 0 Å². The third-order valence-corrected chi connectivity index (χ3v) is 6.28. The standard InChI is InChI=1S/C25H23N5O2/c31-25-21-16-24(18-5-8-26-9-6-18)32-23(21)7-12-29(25)20-3-4-22-19(15-20)17-27-30(22)14-13-28-10-1-2-11-28/h3-9,12,15-17H,1-2,10-11,13-14H2. The van der Waals surface area contributed by atoms with E-state index < -0.39 is 0 Å². The Labute approximate surface area is 184 Å². The summed E-state index contributed by atoms with van der Waals surface area (Å²) in [6, 6.07) is 13.4.